The van der Waals surface area contributed by atoms with E-state index in [-0.39, 0.29) is 0 Å². The zero-order chi connectivity index (χ0) is 11.4. The number of methoxy groups -OCH3 is 1. The third kappa shape index (κ3) is 2.55. The van der Waals surface area contributed by atoms with E-state index in [1.165, 1.54) is 18.9 Å². The van der Waals surface area contributed by atoms with Crippen molar-refractivity contribution in [1.82, 2.24) is 4.90 Å². The third-order valence-corrected chi connectivity index (χ3v) is 2.54. The van der Waals surface area contributed by atoms with Gasteiger partial charge in [0.25, 0.3) is 5.91 Å². The quantitative estimate of drug-likeness (QED) is 0.483. The van der Waals surface area contributed by atoms with E-state index in [1.54, 1.807) is 0 Å². The first kappa shape index (κ1) is 11.7. The van der Waals surface area contributed by atoms with Gasteiger partial charge in [0, 0.05) is 13.5 Å². The van der Waals surface area contributed by atoms with Crippen LogP contribution in [0.25, 0.3) is 0 Å². The van der Waals surface area contributed by atoms with Crippen molar-refractivity contribution >= 4 is 17.7 Å². The molecule has 0 N–H and O–H groups in total. The number of nitrogens with zero attached hydrogens (tertiary/aromatic N) is 1. The average molecular weight is 213 g/mol. The lowest BCUT2D eigenvalue weighted by molar-refractivity contribution is -0.157. The molecule has 0 spiro atoms. The van der Waals surface area contributed by atoms with Crippen LogP contribution >= 0.6 is 0 Å². The second-order valence-electron chi connectivity index (χ2n) is 3.59. The number of ether oxygens (including phenoxy) is 1. The molecule has 5 nitrogen and oxygen atoms in total. The number of esters is 1. The first-order chi connectivity index (χ1) is 7.07. The van der Waals surface area contributed by atoms with Gasteiger partial charge >= 0.3 is 5.97 Å². The minimum atomic E-state index is -0.592. The van der Waals surface area contributed by atoms with Crippen LogP contribution in [-0.4, -0.2) is 42.3 Å². The van der Waals surface area contributed by atoms with Crippen molar-refractivity contribution in [2.24, 2.45) is 0 Å². The highest BCUT2D eigenvalue weighted by Crippen LogP contribution is 2.18. The van der Waals surface area contributed by atoms with E-state index in [4.69, 9.17) is 0 Å². The molecule has 1 aliphatic heterocycles. The molecule has 1 amide bonds. The van der Waals surface area contributed by atoms with Crippen LogP contribution in [0.1, 0.15) is 26.2 Å². The Balaban J connectivity index is 2.78. The highest BCUT2D eigenvalue weighted by molar-refractivity contribution is 6.35. The maximum Gasteiger partial charge on any atom is 0.328 e. The Hall–Kier alpha value is -1.39. The first-order valence-corrected chi connectivity index (χ1v) is 4.97. The zero-order valence-electron chi connectivity index (χ0n) is 8.99. The smallest absolute Gasteiger partial charge is 0.328 e. The lowest BCUT2D eigenvalue weighted by atomic mass is 10.0. The molecule has 1 rings (SSSR count). The fourth-order valence-corrected chi connectivity index (χ4v) is 1.76. The summed E-state index contributed by atoms with van der Waals surface area (Å²) in [5.74, 6) is -1.57. The molecular formula is C10H15NO4. The molecule has 1 saturated heterocycles. The maximum atomic E-state index is 11.5. The fourth-order valence-electron chi connectivity index (χ4n) is 1.76. The van der Waals surface area contributed by atoms with E-state index >= 15 is 0 Å². The SMILES string of the molecule is COC(=O)C1CCCCN1C(=O)C(C)=O. The van der Waals surface area contributed by atoms with Crippen molar-refractivity contribution in [1.29, 1.82) is 0 Å². The number of piperidine rings is 1. The summed E-state index contributed by atoms with van der Waals surface area (Å²) in [4.78, 5) is 35.1. The van der Waals surface area contributed by atoms with E-state index in [0.29, 0.717) is 13.0 Å². The number of rotatable bonds is 2. The minimum Gasteiger partial charge on any atom is -0.467 e. The summed E-state index contributed by atoms with van der Waals surface area (Å²) in [6, 6.07) is -0.583. The molecule has 0 aromatic carbocycles. The zero-order valence-corrected chi connectivity index (χ0v) is 8.99. The van der Waals surface area contributed by atoms with Crippen LogP contribution in [-0.2, 0) is 19.1 Å². The number of likely N-dealkylation sites (tertiary alicyclic amines) is 1. The maximum absolute atomic E-state index is 11.5. The summed E-state index contributed by atoms with van der Waals surface area (Å²) >= 11 is 0. The van der Waals surface area contributed by atoms with Gasteiger partial charge in [-0.15, -0.1) is 0 Å². The lowest BCUT2D eigenvalue weighted by Crippen LogP contribution is -2.50. The monoisotopic (exact) mass is 213 g/mol. The van der Waals surface area contributed by atoms with E-state index in [9.17, 15) is 14.4 Å². The number of carbonyl (C=O) groups is 3. The molecule has 0 aromatic rings. The summed E-state index contributed by atoms with van der Waals surface area (Å²) in [5.41, 5.74) is 0. The second-order valence-corrected chi connectivity index (χ2v) is 3.59. The summed E-state index contributed by atoms with van der Waals surface area (Å²) in [6.07, 6.45) is 2.28. The van der Waals surface area contributed by atoms with Crippen molar-refractivity contribution < 1.29 is 19.1 Å². The number of hydrogen-bond donors (Lipinski definition) is 0. The molecule has 0 aliphatic carbocycles. The lowest BCUT2D eigenvalue weighted by Gasteiger charge is -2.32. The summed E-state index contributed by atoms with van der Waals surface area (Å²) in [6.45, 7) is 1.67. The number of hydrogen-bond acceptors (Lipinski definition) is 4. The Morgan fingerprint density at radius 3 is 2.47 bits per heavy atom. The minimum absolute atomic E-state index is 0.440. The predicted octanol–water partition coefficient (Wildman–Crippen LogP) is 0.129. The van der Waals surface area contributed by atoms with Crippen molar-refractivity contribution in [2.45, 2.75) is 32.2 Å². The van der Waals surface area contributed by atoms with Crippen LogP contribution in [0.15, 0.2) is 0 Å². The largest absolute Gasteiger partial charge is 0.467 e. The Bertz CT molecular complexity index is 287. The molecule has 0 saturated carbocycles. The first-order valence-electron chi connectivity index (χ1n) is 4.97. The predicted molar refractivity (Wildman–Crippen MR) is 52.0 cm³/mol. The third-order valence-electron chi connectivity index (χ3n) is 2.54. The van der Waals surface area contributed by atoms with E-state index in [0.717, 1.165) is 12.8 Å². The molecule has 0 bridgehead atoms. The van der Waals surface area contributed by atoms with Crippen LogP contribution in [0.3, 0.4) is 0 Å². The van der Waals surface area contributed by atoms with Crippen LogP contribution in [0.5, 0.6) is 0 Å². The van der Waals surface area contributed by atoms with Gasteiger partial charge in [0.2, 0.25) is 5.78 Å². The molecule has 1 atom stereocenters. The molecule has 15 heavy (non-hydrogen) atoms. The van der Waals surface area contributed by atoms with E-state index in [2.05, 4.69) is 4.74 Å². The summed E-state index contributed by atoms with van der Waals surface area (Å²) in [7, 11) is 1.29. The van der Waals surface area contributed by atoms with Gasteiger partial charge in [-0.1, -0.05) is 0 Å². The van der Waals surface area contributed by atoms with Gasteiger partial charge < -0.3 is 9.64 Å². The number of carbonyl (C=O) groups excluding carboxylic acids is 3. The van der Waals surface area contributed by atoms with Crippen LogP contribution in [0, 0.1) is 0 Å². The highest BCUT2D eigenvalue weighted by atomic mass is 16.5. The second kappa shape index (κ2) is 4.91. The van der Waals surface area contributed by atoms with Gasteiger partial charge in [-0.3, -0.25) is 9.59 Å². The molecular weight excluding hydrogens is 198 g/mol. The van der Waals surface area contributed by atoms with Gasteiger partial charge in [-0.2, -0.15) is 0 Å². The molecule has 0 aromatic heterocycles. The van der Waals surface area contributed by atoms with Gasteiger partial charge in [0.1, 0.15) is 6.04 Å². The van der Waals surface area contributed by atoms with Gasteiger partial charge in [-0.25, -0.2) is 4.79 Å². The average Bonchev–Trinajstić information content (AvgIpc) is 2.27. The fraction of sp³-hybridized carbons (Fsp3) is 0.700. The Labute approximate surface area is 88.4 Å². The Morgan fingerprint density at radius 1 is 1.27 bits per heavy atom. The van der Waals surface area contributed by atoms with E-state index < -0.39 is 23.7 Å². The molecule has 5 heteroatoms. The van der Waals surface area contributed by atoms with Crippen LogP contribution in [0.4, 0.5) is 0 Å². The van der Waals surface area contributed by atoms with Crippen molar-refractivity contribution in [3.8, 4) is 0 Å². The summed E-state index contributed by atoms with van der Waals surface area (Å²) in [5, 5.41) is 0. The number of ketones is 1. The van der Waals surface area contributed by atoms with Crippen molar-refractivity contribution in [2.75, 3.05) is 13.7 Å². The topological polar surface area (TPSA) is 63.7 Å². The number of Topliss-reactive ketones (excluding diaryl/α,β-unsaturated/α-hetero) is 1. The Morgan fingerprint density at radius 2 is 1.93 bits per heavy atom. The molecule has 1 unspecified atom stereocenters. The van der Waals surface area contributed by atoms with Crippen LogP contribution < -0.4 is 0 Å². The summed E-state index contributed by atoms with van der Waals surface area (Å²) < 4.78 is 4.61. The van der Waals surface area contributed by atoms with Gasteiger partial charge in [0.15, 0.2) is 0 Å². The number of amides is 1. The standard InChI is InChI=1S/C10H15NO4/c1-7(12)9(13)11-6-4-3-5-8(11)10(14)15-2/h8H,3-6H2,1-2H3. The van der Waals surface area contributed by atoms with Crippen molar-refractivity contribution in [3.63, 3.8) is 0 Å². The highest BCUT2D eigenvalue weighted by Gasteiger charge is 2.34. The van der Waals surface area contributed by atoms with Crippen molar-refractivity contribution in [3.05, 3.63) is 0 Å². The molecule has 0 radical (unpaired) electrons. The Kier molecular flexibility index (Phi) is 3.82. The molecule has 1 heterocycles. The van der Waals surface area contributed by atoms with E-state index in [1.807, 2.05) is 0 Å². The molecule has 84 valence electrons. The normalized spacial score (nSPS) is 20.9. The molecule has 1 aliphatic rings. The van der Waals surface area contributed by atoms with Crippen LogP contribution in [0.2, 0.25) is 0 Å². The van der Waals surface area contributed by atoms with Gasteiger partial charge in [0.05, 0.1) is 7.11 Å². The molecule has 1 fully saturated rings. The van der Waals surface area contributed by atoms with Gasteiger partial charge in [-0.05, 0) is 19.3 Å².